The van der Waals surface area contributed by atoms with Gasteiger partial charge < -0.3 is 10.6 Å². The molecular weight excluding hydrogens is 310 g/mol. The maximum Gasteiger partial charge on any atom is 0.267 e. The lowest BCUT2D eigenvalue weighted by Gasteiger charge is -2.07. The van der Waals surface area contributed by atoms with Gasteiger partial charge in [0.05, 0.1) is 0 Å². The molecule has 2 aromatic rings. The molecule has 2 aromatic carbocycles. The fraction of sp³-hybridized carbons (Fsp3) is 0.111. The first-order valence-corrected chi connectivity index (χ1v) is 7.38. The van der Waals surface area contributed by atoms with Crippen LogP contribution in [0.3, 0.4) is 0 Å². The van der Waals surface area contributed by atoms with Crippen LogP contribution in [0.25, 0.3) is 0 Å². The molecule has 0 atom stereocenters. The summed E-state index contributed by atoms with van der Waals surface area (Å²) in [5.74, 6) is -0.494. The van der Waals surface area contributed by atoms with Gasteiger partial charge in [0.15, 0.2) is 0 Å². The van der Waals surface area contributed by atoms with E-state index >= 15 is 0 Å². The molecular formula is C18H16ClN3O. The number of aryl methyl sites for hydroxylation is 2. The van der Waals surface area contributed by atoms with Crippen molar-refractivity contribution < 1.29 is 4.79 Å². The Labute approximate surface area is 140 Å². The third-order valence-corrected chi connectivity index (χ3v) is 3.29. The van der Waals surface area contributed by atoms with Crippen molar-refractivity contribution in [2.75, 3.05) is 10.6 Å². The number of benzene rings is 2. The number of hydrogen-bond acceptors (Lipinski definition) is 3. The molecule has 0 aliphatic carbocycles. The van der Waals surface area contributed by atoms with Gasteiger partial charge in [0.2, 0.25) is 0 Å². The van der Waals surface area contributed by atoms with Crippen molar-refractivity contribution in [3.63, 3.8) is 0 Å². The van der Waals surface area contributed by atoms with Crippen LogP contribution in [0, 0.1) is 25.2 Å². The largest absolute Gasteiger partial charge is 0.360 e. The van der Waals surface area contributed by atoms with Crippen molar-refractivity contribution >= 4 is 28.9 Å². The van der Waals surface area contributed by atoms with E-state index in [0.717, 1.165) is 16.8 Å². The highest BCUT2D eigenvalue weighted by molar-refractivity contribution is 6.31. The number of amides is 1. The number of carbonyl (C=O) groups is 1. The quantitative estimate of drug-likeness (QED) is 0.646. The van der Waals surface area contributed by atoms with Gasteiger partial charge in [-0.25, -0.2) is 0 Å². The smallest absolute Gasteiger partial charge is 0.267 e. The molecule has 0 saturated heterocycles. The lowest BCUT2D eigenvalue weighted by Crippen LogP contribution is -2.14. The molecule has 0 aliphatic rings. The minimum atomic E-state index is -0.494. The second-order valence-corrected chi connectivity index (χ2v) is 5.59. The van der Waals surface area contributed by atoms with Crippen LogP contribution >= 0.6 is 11.6 Å². The molecule has 0 heterocycles. The van der Waals surface area contributed by atoms with E-state index in [1.807, 2.05) is 38.1 Å². The predicted molar refractivity (Wildman–Crippen MR) is 93.3 cm³/mol. The number of nitriles is 1. The predicted octanol–water partition coefficient (Wildman–Crippen LogP) is 4.41. The number of anilines is 2. The molecule has 23 heavy (non-hydrogen) atoms. The highest BCUT2D eigenvalue weighted by atomic mass is 35.5. The molecule has 0 aliphatic heterocycles. The highest BCUT2D eigenvalue weighted by Gasteiger charge is 2.09. The molecule has 0 saturated carbocycles. The Hall–Kier alpha value is -2.77. The van der Waals surface area contributed by atoms with Crippen LogP contribution in [0.2, 0.25) is 5.02 Å². The fourth-order valence-corrected chi connectivity index (χ4v) is 2.32. The van der Waals surface area contributed by atoms with E-state index in [4.69, 9.17) is 11.6 Å². The van der Waals surface area contributed by atoms with Crippen molar-refractivity contribution in [3.8, 4) is 6.07 Å². The summed E-state index contributed by atoms with van der Waals surface area (Å²) in [6, 6.07) is 14.6. The summed E-state index contributed by atoms with van der Waals surface area (Å²) < 4.78 is 0. The van der Waals surface area contributed by atoms with E-state index in [2.05, 4.69) is 10.6 Å². The summed E-state index contributed by atoms with van der Waals surface area (Å²) in [7, 11) is 0. The monoisotopic (exact) mass is 325 g/mol. The lowest BCUT2D eigenvalue weighted by atomic mass is 10.1. The topological polar surface area (TPSA) is 64.9 Å². The summed E-state index contributed by atoms with van der Waals surface area (Å²) in [6.07, 6.45) is 1.40. The van der Waals surface area contributed by atoms with E-state index in [9.17, 15) is 10.1 Å². The van der Waals surface area contributed by atoms with Crippen molar-refractivity contribution in [3.05, 3.63) is 70.4 Å². The Morgan fingerprint density at radius 2 is 1.83 bits per heavy atom. The Kier molecular flexibility index (Phi) is 5.40. The third-order valence-electron chi connectivity index (χ3n) is 3.05. The summed E-state index contributed by atoms with van der Waals surface area (Å²) in [6.45, 7) is 3.97. The normalized spacial score (nSPS) is 10.8. The van der Waals surface area contributed by atoms with E-state index in [-0.39, 0.29) is 5.57 Å². The van der Waals surface area contributed by atoms with Crippen molar-refractivity contribution in [1.29, 1.82) is 5.26 Å². The number of hydrogen-bond donors (Lipinski definition) is 2. The average Bonchev–Trinajstić information content (AvgIpc) is 2.46. The standard InChI is InChI=1S/C18H16ClN3O/c1-12-6-13(2)8-17(7-12)21-11-14(10-20)18(23)22-16-5-3-4-15(19)9-16/h3-9,11,21H,1-2H3,(H,22,23)/b14-11-. The first-order valence-electron chi connectivity index (χ1n) is 7.00. The molecule has 0 bridgehead atoms. The summed E-state index contributed by atoms with van der Waals surface area (Å²) in [5.41, 5.74) is 3.54. The zero-order valence-corrected chi connectivity index (χ0v) is 13.6. The Bertz CT molecular complexity index is 786. The van der Waals surface area contributed by atoms with Crippen LogP contribution in [0.15, 0.2) is 54.2 Å². The van der Waals surface area contributed by atoms with Crippen molar-refractivity contribution in [1.82, 2.24) is 0 Å². The second kappa shape index (κ2) is 7.48. The lowest BCUT2D eigenvalue weighted by molar-refractivity contribution is -0.112. The molecule has 2 N–H and O–H groups in total. The van der Waals surface area contributed by atoms with Gasteiger partial charge in [-0.1, -0.05) is 23.7 Å². The third kappa shape index (κ3) is 4.87. The number of halogens is 1. The van der Waals surface area contributed by atoms with Crippen LogP contribution in [0.1, 0.15) is 11.1 Å². The van der Waals surface area contributed by atoms with Gasteiger partial charge in [-0.05, 0) is 55.3 Å². The van der Waals surface area contributed by atoms with Gasteiger partial charge in [0.25, 0.3) is 5.91 Å². The molecule has 2 rings (SSSR count). The van der Waals surface area contributed by atoms with Crippen molar-refractivity contribution in [2.45, 2.75) is 13.8 Å². The molecule has 0 radical (unpaired) electrons. The van der Waals surface area contributed by atoms with E-state index in [0.29, 0.717) is 10.7 Å². The van der Waals surface area contributed by atoms with Crippen molar-refractivity contribution in [2.24, 2.45) is 0 Å². The van der Waals surface area contributed by atoms with E-state index in [1.54, 1.807) is 24.3 Å². The maximum atomic E-state index is 12.1. The second-order valence-electron chi connectivity index (χ2n) is 5.16. The van der Waals surface area contributed by atoms with Crippen LogP contribution in [-0.2, 0) is 4.79 Å². The number of nitrogens with one attached hydrogen (secondary N) is 2. The van der Waals surface area contributed by atoms with Gasteiger partial charge in [0.1, 0.15) is 11.6 Å². The molecule has 0 unspecified atom stereocenters. The zero-order chi connectivity index (χ0) is 16.8. The molecule has 0 fully saturated rings. The average molecular weight is 326 g/mol. The van der Waals surface area contributed by atoms with Gasteiger partial charge in [0, 0.05) is 22.6 Å². The highest BCUT2D eigenvalue weighted by Crippen LogP contribution is 2.16. The van der Waals surface area contributed by atoms with Crippen LogP contribution < -0.4 is 10.6 Å². The first-order chi connectivity index (χ1) is 11.0. The molecule has 5 heteroatoms. The summed E-state index contributed by atoms with van der Waals surface area (Å²) in [5, 5.41) is 15.3. The molecule has 116 valence electrons. The zero-order valence-electron chi connectivity index (χ0n) is 12.9. The maximum absolute atomic E-state index is 12.1. The summed E-state index contributed by atoms with van der Waals surface area (Å²) in [4.78, 5) is 12.1. The van der Waals surface area contributed by atoms with Crippen LogP contribution in [0.5, 0.6) is 0 Å². The van der Waals surface area contributed by atoms with Gasteiger partial charge >= 0.3 is 0 Å². The minimum Gasteiger partial charge on any atom is -0.360 e. The number of nitrogens with zero attached hydrogens (tertiary/aromatic N) is 1. The molecule has 0 aromatic heterocycles. The molecule has 1 amide bonds. The fourth-order valence-electron chi connectivity index (χ4n) is 2.13. The van der Waals surface area contributed by atoms with Gasteiger partial charge in [-0.2, -0.15) is 5.26 Å². The van der Waals surface area contributed by atoms with E-state index in [1.165, 1.54) is 6.20 Å². The van der Waals surface area contributed by atoms with Crippen LogP contribution in [-0.4, -0.2) is 5.91 Å². The molecule has 4 nitrogen and oxygen atoms in total. The number of rotatable bonds is 4. The van der Waals surface area contributed by atoms with Gasteiger partial charge in [-0.3, -0.25) is 4.79 Å². The Morgan fingerprint density at radius 3 is 2.43 bits per heavy atom. The number of carbonyl (C=O) groups excluding carboxylic acids is 1. The Balaban J connectivity index is 2.12. The van der Waals surface area contributed by atoms with E-state index < -0.39 is 5.91 Å². The minimum absolute atomic E-state index is 0.0239. The molecule has 0 spiro atoms. The Morgan fingerprint density at radius 1 is 1.13 bits per heavy atom. The SMILES string of the molecule is Cc1cc(C)cc(N/C=C(/C#N)C(=O)Nc2cccc(Cl)c2)c1. The summed E-state index contributed by atoms with van der Waals surface area (Å²) >= 11 is 5.87. The first kappa shape index (κ1) is 16.6. The van der Waals surface area contributed by atoms with Crippen LogP contribution in [0.4, 0.5) is 11.4 Å². The van der Waals surface area contributed by atoms with Gasteiger partial charge in [-0.15, -0.1) is 0 Å².